The van der Waals surface area contributed by atoms with Crippen LogP contribution in [-0.2, 0) is 0 Å². The van der Waals surface area contributed by atoms with E-state index in [0.717, 1.165) is 10.6 Å². The molecule has 2 rings (SSSR count). The van der Waals surface area contributed by atoms with Gasteiger partial charge in [-0.05, 0) is 19.8 Å². The van der Waals surface area contributed by atoms with Crippen LogP contribution in [0.15, 0.2) is 0 Å². The summed E-state index contributed by atoms with van der Waals surface area (Å²) >= 11 is 1.69. The summed E-state index contributed by atoms with van der Waals surface area (Å²) in [6, 6.07) is -0.252. The molecule has 0 radical (unpaired) electrons. The molecule has 1 saturated carbocycles. The Morgan fingerprint density at radius 2 is 2.20 bits per heavy atom. The highest BCUT2D eigenvalue weighted by Crippen LogP contribution is 2.38. The van der Waals surface area contributed by atoms with Crippen molar-refractivity contribution in [3.05, 3.63) is 15.6 Å². The lowest BCUT2D eigenvalue weighted by atomic mass is 10.1. The van der Waals surface area contributed by atoms with E-state index < -0.39 is 0 Å². The average Bonchev–Trinajstić information content (AvgIpc) is 2.84. The highest BCUT2D eigenvalue weighted by molar-refractivity contribution is 7.11. The quantitative estimate of drug-likeness (QED) is 0.829. The Kier molecular flexibility index (Phi) is 3.38. The molecular formula is C11H18N2OS. The molecule has 1 fully saturated rings. The molecule has 0 amide bonds. The van der Waals surface area contributed by atoms with Crippen LogP contribution in [0.25, 0.3) is 0 Å². The highest BCUT2D eigenvalue weighted by atomic mass is 32.1. The maximum absolute atomic E-state index is 9.04. The number of aromatic nitrogens is 1. The van der Waals surface area contributed by atoms with Gasteiger partial charge in [-0.3, -0.25) is 0 Å². The summed E-state index contributed by atoms with van der Waals surface area (Å²) in [4.78, 5) is 5.64. The second-order valence-electron chi connectivity index (χ2n) is 4.27. The third kappa shape index (κ3) is 2.22. The van der Waals surface area contributed by atoms with E-state index in [9.17, 15) is 0 Å². The number of aliphatic hydroxyl groups is 1. The Balaban J connectivity index is 2.20. The number of thiazole rings is 1. The van der Waals surface area contributed by atoms with Crippen LogP contribution in [0.1, 0.15) is 53.2 Å². The minimum absolute atomic E-state index is 0.00708. The monoisotopic (exact) mass is 226 g/mol. The van der Waals surface area contributed by atoms with Gasteiger partial charge in [-0.25, -0.2) is 4.98 Å². The molecule has 1 heterocycles. The molecule has 0 aliphatic heterocycles. The zero-order chi connectivity index (χ0) is 10.8. The zero-order valence-corrected chi connectivity index (χ0v) is 9.89. The van der Waals surface area contributed by atoms with E-state index in [-0.39, 0.29) is 12.6 Å². The van der Waals surface area contributed by atoms with E-state index in [2.05, 4.69) is 4.98 Å². The van der Waals surface area contributed by atoms with Gasteiger partial charge in [0.05, 0.1) is 23.4 Å². The zero-order valence-electron chi connectivity index (χ0n) is 9.07. The molecule has 1 aliphatic rings. The number of aryl methyl sites for hydroxylation is 1. The minimum Gasteiger partial charge on any atom is -0.394 e. The van der Waals surface area contributed by atoms with Crippen LogP contribution in [0, 0.1) is 6.92 Å². The lowest BCUT2D eigenvalue weighted by Gasteiger charge is -2.05. The Morgan fingerprint density at radius 3 is 2.80 bits per heavy atom. The first kappa shape index (κ1) is 11.0. The molecular weight excluding hydrogens is 208 g/mol. The van der Waals surface area contributed by atoms with Gasteiger partial charge in [0.1, 0.15) is 0 Å². The molecule has 4 heteroatoms. The Bertz CT molecular complexity index is 331. The molecule has 0 spiro atoms. The van der Waals surface area contributed by atoms with Gasteiger partial charge in [-0.1, -0.05) is 12.8 Å². The topological polar surface area (TPSA) is 59.1 Å². The molecule has 84 valence electrons. The van der Waals surface area contributed by atoms with Crippen LogP contribution in [0.3, 0.4) is 0 Å². The summed E-state index contributed by atoms with van der Waals surface area (Å²) in [6.07, 6.45) is 5.18. The van der Waals surface area contributed by atoms with Crippen molar-refractivity contribution in [1.82, 2.24) is 4.98 Å². The smallest absolute Gasteiger partial charge is 0.0962 e. The van der Waals surface area contributed by atoms with E-state index in [1.54, 1.807) is 11.3 Å². The van der Waals surface area contributed by atoms with Crippen molar-refractivity contribution >= 4 is 11.3 Å². The third-order valence-electron chi connectivity index (χ3n) is 3.09. The first-order chi connectivity index (χ1) is 7.22. The fourth-order valence-electron chi connectivity index (χ4n) is 2.20. The fraction of sp³-hybridized carbons (Fsp3) is 0.727. The Hall–Kier alpha value is -0.450. The van der Waals surface area contributed by atoms with Crippen LogP contribution in [0.4, 0.5) is 0 Å². The van der Waals surface area contributed by atoms with Gasteiger partial charge in [0, 0.05) is 10.8 Å². The van der Waals surface area contributed by atoms with Crippen LogP contribution in [0.5, 0.6) is 0 Å². The first-order valence-electron chi connectivity index (χ1n) is 5.56. The lowest BCUT2D eigenvalue weighted by molar-refractivity contribution is 0.269. The molecule has 1 aromatic rings. The van der Waals surface area contributed by atoms with Crippen molar-refractivity contribution in [2.24, 2.45) is 5.73 Å². The molecule has 0 aromatic carbocycles. The molecule has 15 heavy (non-hydrogen) atoms. The van der Waals surface area contributed by atoms with Gasteiger partial charge in [0.25, 0.3) is 0 Å². The summed E-state index contributed by atoms with van der Waals surface area (Å²) in [5.41, 5.74) is 6.83. The second kappa shape index (κ2) is 4.60. The molecule has 1 unspecified atom stereocenters. The van der Waals surface area contributed by atoms with Gasteiger partial charge in [0.2, 0.25) is 0 Å². The van der Waals surface area contributed by atoms with Crippen molar-refractivity contribution in [3.63, 3.8) is 0 Å². The molecule has 1 aliphatic carbocycles. The van der Waals surface area contributed by atoms with E-state index in [4.69, 9.17) is 10.8 Å². The second-order valence-corrected chi connectivity index (χ2v) is 5.33. The molecule has 0 bridgehead atoms. The molecule has 0 saturated heterocycles. The molecule has 3 nitrogen and oxygen atoms in total. The number of hydrogen-bond donors (Lipinski definition) is 2. The first-order valence-corrected chi connectivity index (χ1v) is 6.37. The normalized spacial score (nSPS) is 19.7. The summed E-state index contributed by atoms with van der Waals surface area (Å²) in [5, 5.41) is 10.3. The van der Waals surface area contributed by atoms with E-state index in [1.165, 1.54) is 30.7 Å². The van der Waals surface area contributed by atoms with Crippen molar-refractivity contribution < 1.29 is 5.11 Å². The van der Waals surface area contributed by atoms with Crippen molar-refractivity contribution in [1.29, 1.82) is 0 Å². The van der Waals surface area contributed by atoms with Crippen LogP contribution < -0.4 is 5.73 Å². The van der Waals surface area contributed by atoms with Crippen molar-refractivity contribution in [3.8, 4) is 0 Å². The fourth-order valence-corrected chi connectivity index (χ4v) is 3.43. The number of nitrogens with zero attached hydrogens (tertiary/aromatic N) is 1. The van der Waals surface area contributed by atoms with Crippen LogP contribution in [0.2, 0.25) is 0 Å². The minimum atomic E-state index is -0.252. The van der Waals surface area contributed by atoms with E-state index in [0.29, 0.717) is 5.92 Å². The highest BCUT2D eigenvalue weighted by Gasteiger charge is 2.22. The standard InChI is InChI=1S/C11H18N2OS/c1-7-10(9(12)6-14)15-11(13-7)8-4-2-3-5-8/h8-9,14H,2-6,12H2,1H3. The summed E-state index contributed by atoms with van der Waals surface area (Å²) in [5.74, 6) is 0.647. The SMILES string of the molecule is Cc1nc(C2CCCC2)sc1C(N)CO. The molecule has 1 aromatic heterocycles. The Morgan fingerprint density at radius 1 is 1.53 bits per heavy atom. The summed E-state index contributed by atoms with van der Waals surface area (Å²) < 4.78 is 0. The van der Waals surface area contributed by atoms with Gasteiger partial charge < -0.3 is 10.8 Å². The van der Waals surface area contributed by atoms with Gasteiger partial charge in [-0.2, -0.15) is 0 Å². The number of hydrogen-bond acceptors (Lipinski definition) is 4. The Labute approximate surface area is 94.3 Å². The molecule has 1 atom stereocenters. The van der Waals surface area contributed by atoms with Gasteiger partial charge in [-0.15, -0.1) is 11.3 Å². The number of nitrogens with two attached hydrogens (primary N) is 1. The summed E-state index contributed by atoms with van der Waals surface area (Å²) in [6.45, 7) is 1.99. The van der Waals surface area contributed by atoms with Crippen molar-refractivity contribution in [2.45, 2.75) is 44.6 Å². The largest absolute Gasteiger partial charge is 0.394 e. The van der Waals surface area contributed by atoms with Gasteiger partial charge in [0.15, 0.2) is 0 Å². The molecule has 3 N–H and O–H groups in total. The number of rotatable bonds is 3. The van der Waals surface area contributed by atoms with E-state index in [1.807, 2.05) is 6.92 Å². The summed E-state index contributed by atoms with van der Waals surface area (Å²) in [7, 11) is 0. The predicted octanol–water partition coefficient (Wildman–Crippen LogP) is 2.10. The maximum Gasteiger partial charge on any atom is 0.0962 e. The van der Waals surface area contributed by atoms with Crippen molar-refractivity contribution in [2.75, 3.05) is 6.61 Å². The third-order valence-corrected chi connectivity index (χ3v) is 4.54. The lowest BCUT2D eigenvalue weighted by Crippen LogP contribution is -2.13. The average molecular weight is 226 g/mol. The maximum atomic E-state index is 9.04. The van der Waals surface area contributed by atoms with Crippen LogP contribution in [-0.4, -0.2) is 16.7 Å². The predicted molar refractivity (Wildman–Crippen MR) is 62.1 cm³/mol. The van der Waals surface area contributed by atoms with Gasteiger partial charge >= 0.3 is 0 Å². The number of aliphatic hydroxyl groups excluding tert-OH is 1. The van der Waals surface area contributed by atoms with Crippen LogP contribution >= 0.6 is 11.3 Å². The van der Waals surface area contributed by atoms with E-state index >= 15 is 0 Å².